The molecule has 0 saturated carbocycles. The van der Waals surface area contributed by atoms with E-state index in [1.807, 2.05) is 0 Å². The molecule has 1 aromatic heterocycles. The molecule has 1 aliphatic heterocycles. The molecule has 0 radical (unpaired) electrons. The number of nitrogens with one attached hydrogen (secondary N) is 1. The molecule has 16 heavy (non-hydrogen) atoms. The van der Waals surface area contributed by atoms with Gasteiger partial charge in [0.2, 0.25) is 0 Å². The lowest BCUT2D eigenvalue weighted by atomic mass is 9.89. The predicted octanol–water partition coefficient (Wildman–Crippen LogP) is 1.40. The van der Waals surface area contributed by atoms with E-state index in [9.17, 15) is 0 Å². The van der Waals surface area contributed by atoms with Crippen LogP contribution in [0.5, 0.6) is 0 Å². The fourth-order valence-corrected chi connectivity index (χ4v) is 2.46. The smallest absolute Gasteiger partial charge is 0.0481 e. The summed E-state index contributed by atoms with van der Waals surface area (Å²) in [7, 11) is 2.08. The van der Waals surface area contributed by atoms with E-state index < -0.39 is 0 Å². The first kappa shape index (κ1) is 9.87. The van der Waals surface area contributed by atoms with Gasteiger partial charge in [-0.05, 0) is 11.6 Å². The van der Waals surface area contributed by atoms with Crippen molar-refractivity contribution >= 4 is 10.9 Å². The lowest BCUT2D eigenvalue weighted by Gasteiger charge is -2.32. The van der Waals surface area contributed by atoms with Crippen LogP contribution in [0.3, 0.4) is 0 Å². The van der Waals surface area contributed by atoms with Crippen LogP contribution in [0.15, 0.2) is 30.5 Å². The monoisotopic (exact) mass is 215 g/mol. The quantitative estimate of drug-likeness (QED) is 0.795. The van der Waals surface area contributed by atoms with Gasteiger partial charge in [0.25, 0.3) is 0 Å². The molecule has 0 amide bonds. The number of nitrogens with two attached hydrogens (primary N) is 1. The summed E-state index contributed by atoms with van der Waals surface area (Å²) in [6.45, 7) is 2.09. The Hall–Kier alpha value is -1.32. The highest BCUT2D eigenvalue weighted by Crippen LogP contribution is 2.30. The minimum absolute atomic E-state index is 0.160. The second kappa shape index (κ2) is 3.61. The number of rotatable bonds is 2. The Balaban J connectivity index is 2.08. The molecule has 1 saturated heterocycles. The molecule has 1 unspecified atom stereocenters. The van der Waals surface area contributed by atoms with E-state index >= 15 is 0 Å². The van der Waals surface area contributed by atoms with E-state index in [-0.39, 0.29) is 6.04 Å². The summed E-state index contributed by atoms with van der Waals surface area (Å²) in [5.74, 6) is 0.589. The molecule has 0 spiro atoms. The van der Waals surface area contributed by atoms with Gasteiger partial charge in [-0.15, -0.1) is 0 Å². The van der Waals surface area contributed by atoms with Gasteiger partial charge in [0.05, 0.1) is 0 Å². The molecule has 0 aliphatic carbocycles. The van der Waals surface area contributed by atoms with Crippen molar-refractivity contribution in [3.05, 3.63) is 36.0 Å². The van der Waals surface area contributed by atoms with E-state index in [1.165, 1.54) is 16.5 Å². The molecule has 1 fully saturated rings. The van der Waals surface area contributed by atoms with Crippen LogP contribution < -0.4 is 11.1 Å². The lowest BCUT2D eigenvalue weighted by molar-refractivity contribution is 0.296. The maximum Gasteiger partial charge on any atom is 0.0481 e. The summed E-state index contributed by atoms with van der Waals surface area (Å²) >= 11 is 0. The van der Waals surface area contributed by atoms with Gasteiger partial charge in [-0.25, -0.2) is 0 Å². The zero-order valence-electron chi connectivity index (χ0n) is 9.48. The summed E-state index contributed by atoms with van der Waals surface area (Å²) < 4.78 is 2.16. The highest BCUT2D eigenvalue weighted by molar-refractivity contribution is 5.84. The van der Waals surface area contributed by atoms with Gasteiger partial charge in [-0.1, -0.05) is 18.2 Å². The molecule has 0 bridgehead atoms. The Morgan fingerprint density at radius 1 is 1.38 bits per heavy atom. The normalized spacial score (nSPS) is 18.6. The fourth-order valence-electron chi connectivity index (χ4n) is 2.46. The first-order valence-electron chi connectivity index (χ1n) is 5.77. The average Bonchev–Trinajstić information content (AvgIpc) is 2.55. The van der Waals surface area contributed by atoms with Crippen molar-refractivity contribution in [1.29, 1.82) is 0 Å². The Morgan fingerprint density at radius 3 is 2.81 bits per heavy atom. The number of nitrogens with zero attached hydrogens (tertiary/aromatic N) is 1. The van der Waals surface area contributed by atoms with E-state index in [1.54, 1.807) is 0 Å². The molecule has 2 heterocycles. The van der Waals surface area contributed by atoms with Gasteiger partial charge in [-0.2, -0.15) is 0 Å². The Bertz CT molecular complexity index is 511. The predicted molar refractivity (Wildman–Crippen MR) is 66.2 cm³/mol. The molecule has 2 aromatic rings. The standard InChI is InChI=1S/C13H17N3/c1-16-8-11(13(14)9-6-15-7-9)10-4-2-3-5-12(10)16/h2-5,8-9,13,15H,6-7,14H2,1H3. The molecule has 84 valence electrons. The number of fused-ring (bicyclic) bond motifs is 1. The van der Waals surface area contributed by atoms with Crippen LogP contribution in [0.25, 0.3) is 10.9 Å². The van der Waals surface area contributed by atoms with E-state index in [0.29, 0.717) is 5.92 Å². The minimum Gasteiger partial charge on any atom is -0.350 e. The molecular weight excluding hydrogens is 198 g/mol. The Morgan fingerprint density at radius 2 is 2.12 bits per heavy atom. The molecular formula is C13H17N3. The third-order valence-electron chi connectivity index (χ3n) is 3.61. The third-order valence-corrected chi connectivity index (χ3v) is 3.61. The number of aryl methyl sites for hydroxylation is 1. The van der Waals surface area contributed by atoms with E-state index in [0.717, 1.165) is 13.1 Å². The topological polar surface area (TPSA) is 43.0 Å². The van der Waals surface area contributed by atoms with E-state index in [2.05, 4.69) is 47.4 Å². The molecule has 1 aromatic carbocycles. The van der Waals surface area contributed by atoms with Gasteiger partial charge in [0, 0.05) is 49.2 Å². The maximum absolute atomic E-state index is 6.33. The second-order valence-electron chi connectivity index (χ2n) is 4.66. The largest absolute Gasteiger partial charge is 0.350 e. The van der Waals surface area contributed by atoms with Gasteiger partial charge >= 0.3 is 0 Å². The molecule has 1 atom stereocenters. The highest BCUT2D eigenvalue weighted by Gasteiger charge is 2.27. The number of benzene rings is 1. The van der Waals surface area contributed by atoms with Gasteiger partial charge in [0.1, 0.15) is 0 Å². The van der Waals surface area contributed by atoms with E-state index in [4.69, 9.17) is 5.73 Å². The third kappa shape index (κ3) is 1.36. The van der Waals surface area contributed by atoms with Crippen molar-refractivity contribution < 1.29 is 0 Å². The second-order valence-corrected chi connectivity index (χ2v) is 4.66. The zero-order valence-corrected chi connectivity index (χ0v) is 9.48. The first-order valence-corrected chi connectivity index (χ1v) is 5.77. The molecule has 3 nitrogen and oxygen atoms in total. The maximum atomic E-state index is 6.33. The lowest BCUT2D eigenvalue weighted by Crippen LogP contribution is -2.47. The van der Waals surface area contributed by atoms with Crippen molar-refractivity contribution in [3.8, 4) is 0 Å². The van der Waals surface area contributed by atoms with Gasteiger partial charge in [0.15, 0.2) is 0 Å². The van der Waals surface area contributed by atoms with Crippen molar-refractivity contribution in [2.24, 2.45) is 18.7 Å². The zero-order chi connectivity index (χ0) is 11.1. The van der Waals surface area contributed by atoms with Crippen molar-refractivity contribution in [2.75, 3.05) is 13.1 Å². The number of hydrogen-bond donors (Lipinski definition) is 2. The summed E-state index contributed by atoms with van der Waals surface area (Å²) in [4.78, 5) is 0. The molecule has 3 rings (SSSR count). The summed E-state index contributed by atoms with van der Waals surface area (Å²) in [5.41, 5.74) is 8.87. The Labute approximate surface area is 95.2 Å². The van der Waals surface area contributed by atoms with Crippen LogP contribution in [0.2, 0.25) is 0 Å². The molecule has 1 aliphatic rings. The van der Waals surface area contributed by atoms with Crippen LogP contribution in [-0.4, -0.2) is 17.7 Å². The fraction of sp³-hybridized carbons (Fsp3) is 0.385. The Kier molecular flexibility index (Phi) is 2.23. The average molecular weight is 215 g/mol. The SMILES string of the molecule is Cn1cc(C(N)C2CNC2)c2ccccc21. The van der Waals surface area contributed by atoms with Crippen LogP contribution in [0.4, 0.5) is 0 Å². The summed E-state index contributed by atoms with van der Waals surface area (Å²) in [6.07, 6.45) is 2.17. The van der Waals surface area contributed by atoms with Crippen LogP contribution >= 0.6 is 0 Å². The first-order chi connectivity index (χ1) is 7.77. The highest BCUT2D eigenvalue weighted by atomic mass is 15.0. The van der Waals surface area contributed by atoms with Crippen molar-refractivity contribution in [2.45, 2.75) is 6.04 Å². The van der Waals surface area contributed by atoms with Gasteiger partial charge in [-0.3, -0.25) is 0 Å². The number of para-hydroxylation sites is 1. The molecule has 3 N–H and O–H groups in total. The van der Waals surface area contributed by atoms with Crippen LogP contribution in [0.1, 0.15) is 11.6 Å². The number of hydrogen-bond acceptors (Lipinski definition) is 2. The van der Waals surface area contributed by atoms with Crippen molar-refractivity contribution in [1.82, 2.24) is 9.88 Å². The minimum atomic E-state index is 0.160. The summed E-state index contributed by atoms with van der Waals surface area (Å²) in [6, 6.07) is 8.62. The van der Waals surface area contributed by atoms with Crippen LogP contribution in [0, 0.1) is 5.92 Å². The van der Waals surface area contributed by atoms with Crippen LogP contribution in [-0.2, 0) is 7.05 Å². The number of aromatic nitrogens is 1. The van der Waals surface area contributed by atoms with Gasteiger partial charge < -0.3 is 15.6 Å². The molecule has 3 heteroatoms. The summed E-state index contributed by atoms with van der Waals surface area (Å²) in [5, 5.41) is 4.58. The van der Waals surface area contributed by atoms with Crippen molar-refractivity contribution in [3.63, 3.8) is 0 Å².